The van der Waals surface area contributed by atoms with Gasteiger partial charge in [-0.1, -0.05) is 0 Å². The SMILES string of the molecule is CC(N)c1nc(C(=O)N2CCOC(C(=O)O)C2)cs1. The number of morpholine rings is 1. The molecule has 0 saturated carbocycles. The van der Waals surface area contributed by atoms with Crippen molar-refractivity contribution in [3.05, 3.63) is 16.1 Å². The van der Waals surface area contributed by atoms with Crippen molar-refractivity contribution in [3.63, 3.8) is 0 Å². The topological polar surface area (TPSA) is 106 Å². The fraction of sp³-hybridized carbons (Fsp3) is 0.545. The van der Waals surface area contributed by atoms with E-state index in [-0.39, 0.29) is 25.1 Å². The van der Waals surface area contributed by atoms with E-state index in [1.165, 1.54) is 16.2 Å². The number of thiazole rings is 1. The predicted molar refractivity (Wildman–Crippen MR) is 68.0 cm³/mol. The molecule has 8 heteroatoms. The molecule has 2 heterocycles. The molecule has 0 bridgehead atoms. The van der Waals surface area contributed by atoms with Gasteiger partial charge < -0.3 is 20.5 Å². The van der Waals surface area contributed by atoms with Gasteiger partial charge in [0.05, 0.1) is 19.2 Å². The molecule has 2 atom stereocenters. The first-order valence-corrected chi connectivity index (χ1v) is 6.71. The molecule has 1 aromatic heterocycles. The van der Waals surface area contributed by atoms with E-state index in [1.807, 2.05) is 0 Å². The minimum atomic E-state index is -1.06. The smallest absolute Gasteiger partial charge is 0.334 e. The van der Waals surface area contributed by atoms with Crippen molar-refractivity contribution in [1.82, 2.24) is 9.88 Å². The molecular weight excluding hydrogens is 270 g/mol. The molecule has 1 aliphatic heterocycles. The highest BCUT2D eigenvalue weighted by molar-refractivity contribution is 7.09. The van der Waals surface area contributed by atoms with Gasteiger partial charge in [0.1, 0.15) is 10.7 Å². The molecule has 19 heavy (non-hydrogen) atoms. The maximum absolute atomic E-state index is 12.2. The van der Waals surface area contributed by atoms with Crippen LogP contribution in [0.3, 0.4) is 0 Å². The molecule has 0 aliphatic carbocycles. The van der Waals surface area contributed by atoms with Crippen LogP contribution in [0.2, 0.25) is 0 Å². The lowest BCUT2D eigenvalue weighted by Gasteiger charge is -2.30. The van der Waals surface area contributed by atoms with Crippen molar-refractivity contribution in [1.29, 1.82) is 0 Å². The maximum atomic E-state index is 12.2. The Labute approximate surface area is 114 Å². The number of carbonyl (C=O) groups is 2. The van der Waals surface area contributed by atoms with Gasteiger partial charge in [0.15, 0.2) is 6.10 Å². The van der Waals surface area contributed by atoms with Gasteiger partial charge in [0.2, 0.25) is 0 Å². The lowest BCUT2D eigenvalue weighted by Crippen LogP contribution is -2.48. The molecule has 0 spiro atoms. The summed E-state index contributed by atoms with van der Waals surface area (Å²) in [4.78, 5) is 28.7. The van der Waals surface area contributed by atoms with Crippen molar-refractivity contribution < 1.29 is 19.4 Å². The van der Waals surface area contributed by atoms with Crippen molar-refractivity contribution in [2.24, 2.45) is 5.73 Å². The molecule has 1 aliphatic rings. The Bertz CT molecular complexity index is 488. The second kappa shape index (κ2) is 5.64. The number of ether oxygens (including phenoxy) is 1. The number of carbonyl (C=O) groups excluding carboxylic acids is 1. The Morgan fingerprint density at radius 2 is 2.42 bits per heavy atom. The molecule has 3 N–H and O–H groups in total. The lowest BCUT2D eigenvalue weighted by molar-refractivity contribution is -0.154. The van der Waals surface area contributed by atoms with E-state index in [1.54, 1.807) is 12.3 Å². The highest BCUT2D eigenvalue weighted by Crippen LogP contribution is 2.18. The average Bonchev–Trinajstić information content (AvgIpc) is 2.87. The Kier molecular flexibility index (Phi) is 4.13. The number of carboxylic acid groups (broad SMARTS) is 1. The van der Waals surface area contributed by atoms with Crippen LogP contribution in [0.15, 0.2) is 5.38 Å². The summed E-state index contributed by atoms with van der Waals surface area (Å²) in [6.07, 6.45) is -0.968. The zero-order valence-electron chi connectivity index (χ0n) is 10.4. The molecule has 7 nitrogen and oxygen atoms in total. The predicted octanol–water partition coefficient (Wildman–Crippen LogP) is 0.0884. The summed E-state index contributed by atoms with van der Waals surface area (Å²) in [5.74, 6) is -1.34. The first kappa shape index (κ1) is 13.9. The summed E-state index contributed by atoms with van der Waals surface area (Å²) in [7, 11) is 0. The lowest BCUT2D eigenvalue weighted by atomic mass is 10.2. The number of aromatic nitrogens is 1. The summed E-state index contributed by atoms with van der Waals surface area (Å²) in [6, 6.07) is -0.219. The van der Waals surface area contributed by atoms with Crippen LogP contribution in [0.1, 0.15) is 28.5 Å². The molecule has 2 unspecified atom stereocenters. The van der Waals surface area contributed by atoms with E-state index in [4.69, 9.17) is 15.6 Å². The fourth-order valence-electron chi connectivity index (χ4n) is 1.74. The van der Waals surface area contributed by atoms with Gasteiger partial charge >= 0.3 is 5.97 Å². The summed E-state index contributed by atoms with van der Waals surface area (Å²) in [5.41, 5.74) is 6.00. The summed E-state index contributed by atoms with van der Waals surface area (Å²) < 4.78 is 5.07. The van der Waals surface area contributed by atoms with Gasteiger partial charge in [-0.05, 0) is 6.92 Å². The summed E-state index contributed by atoms with van der Waals surface area (Å²) in [5, 5.41) is 11.2. The Balaban J connectivity index is 2.08. The number of rotatable bonds is 3. The third-order valence-corrected chi connectivity index (χ3v) is 3.81. The third kappa shape index (κ3) is 3.09. The van der Waals surface area contributed by atoms with Crippen molar-refractivity contribution >= 4 is 23.2 Å². The second-order valence-corrected chi connectivity index (χ2v) is 5.20. The van der Waals surface area contributed by atoms with E-state index >= 15 is 0 Å². The molecule has 0 radical (unpaired) electrons. The van der Waals surface area contributed by atoms with Gasteiger partial charge in [0.25, 0.3) is 5.91 Å². The number of carboxylic acids is 1. The standard InChI is InChI=1S/C11H15N3O4S/c1-6(12)9-13-7(5-19-9)10(15)14-2-3-18-8(4-14)11(16)17/h5-6,8H,2-4,12H2,1H3,(H,16,17). The van der Waals surface area contributed by atoms with Crippen LogP contribution in [-0.2, 0) is 9.53 Å². The van der Waals surface area contributed by atoms with Gasteiger partial charge in [-0.25, -0.2) is 9.78 Å². The number of amides is 1. The van der Waals surface area contributed by atoms with Gasteiger partial charge in [0, 0.05) is 11.9 Å². The Morgan fingerprint density at radius 3 is 3.00 bits per heavy atom. The van der Waals surface area contributed by atoms with E-state index in [9.17, 15) is 9.59 Å². The normalized spacial score (nSPS) is 21.2. The van der Waals surface area contributed by atoms with Gasteiger partial charge in [-0.15, -0.1) is 11.3 Å². The zero-order chi connectivity index (χ0) is 14.0. The van der Waals surface area contributed by atoms with Gasteiger partial charge in [-0.2, -0.15) is 0 Å². The van der Waals surface area contributed by atoms with Gasteiger partial charge in [-0.3, -0.25) is 4.79 Å². The van der Waals surface area contributed by atoms with E-state index in [2.05, 4.69) is 4.98 Å². The fourth-order valence-corrected chi connectivity index (χ4v) is 2.49. The number of hydrogen-bond acceptors (Lipinski definition) is 6. The molecule has 0 aromatic carbocycles. The van der Waals surface area contributed by atoms with Crippen LogP contribution in [0.5, 0.6) is 0 Å². The Morgan fingerprint density at radius 1 is 1.68 bits per heavy atom. The summed E-state index contributed by atoms with van der Waals surface area (Å²) >= 11 is 1.33. The van der Waals surface area contributed by atoms with Crippen LogP contribution in [0, 0.1) is 0 Å². The minimum Gasteiger partial charge on any atom is -0.479 e. The van der Waals surface area contributed by atoms with Crippen LogP contribution in [0.4, 0.5) is 0 Å². The summed E-state index contributed by atoms with van der Waals surface area (Å²) in [6.45, 7) is 2.42. The minimum absolute atomic E-state index is 0.0409. The van der Waals surface area contributed by atoms with Crippen molar-refractivity contribution in [2.45, 2.75) is 19.1 Å². The average molecular weight is 285 g/mol. The number of aliphatic carboxylic acids is 1. The first-order valence-electron chi connectivity index (χ1n) is 5.83. The monoisotopic (exact) mass is 285 g/mol. The van der Waals surface area contributed by atoms with E-state index in [0.717, 1.165) is 0 Å². The quantitative estimate of drug-likeness (QED) is 0.815. The number of hydrogen-bond donors (Lipinski definition) is 2. The molecule has 1 aromatic rings. The van der Waals surface area contributed by atoms with Crippen LogP contribution < -0.4 is 5.73 Å². The largest absolute Gasteiger partial charge is 0.479 e. The second-order valence-electron chi connectivity index (χ2n) is 4.31. The highest BCUT2D eigenvalue weighted by Gasteiger charge is 2.30. The Hall–Kier alpha value is -1.51. The van der Waals surface area contributed by atoms with Crippen LogP contribution >= 0.6 is 11.3 Å². The van der Waals surface area contributed by atoms with Crippen molar-refractivity contribution in [2.75, 3.05) is 19.7 Å². The van der Waals surface area contributed by atoms with Crippen molar-refractivity contribution in [3.8, 4) is 0 Å². The molecule has 2 rings (SSSR count). The molecule has 1 saturated heterocycles. The first-order chi connectivity index (χ1) is 8.99. The highest BCUT2D eigenvalue weighted by atomic mass is 32.1. The molecule has 1 fully saturated rings. The molecule has 1 amide bonds. The van der Waals surface area contributed by atoms with Crippen LogP contribution in [-0.4, -0.2) is 52.7 Å². The van der Waals surface area contributed by atoms with E-state index in [0.29, 0.717) is 17.2 Å². The molecule has 104 valence electrons. The molecular formula is C11H15N3O4S. The third-order valence-electron chi connectivity index (χ3n) is 2.76. The number of nitrogens with zero attached hydrogens (tertiary/aromatic N) is 2. The van der Waals surface area contributed by atoms with Crippen LogP contribution in [0.25, 0.3) is 0 Å². The maximum Gasteiger partial charge on any atom is 0.334 e. The zero-order valence-corrected chi connectivity index (χ0v) is 11.2. The van der Waals surface area contributed by atoms with E-state index < -0.39 is 12.1 Å². The number of nitrogens with two attached hydrogens (primary N) is 1.